The molecule has 3 atom stereocenters. The van der Waals surface area contributed by atoms with Gasteiger partial charge in [-0.15, -0.1) is 31.1 Å². The highest BCUT2D eigenvalue weighted by Gasteiger charge is 2.56. The van der Waals surface area contributed by atoms with Crippen molar-refractivity contribution in [2.75, 3.05) is 0 Å². The van der Waals surface area contributed by atoms with Crippen LogP contribution in [0.4, 0.5) is 13.2 Å². The summed E-state index contributed by atoms with van der Waals surface area (Å²) in [7, 11) is 0. The average Bonchev–Trinajstić information content (AvgIpc) is 3.08. The summed E-state index contributed by atoms with van der Waals surface area (Å²) in [5, 5.41) is 1.62. The molecule has 2 nitrogen and oxygen atoms in total. The first-order valence-electron chi connectivity index (χ1n) is 6.76. The number of rotatable bonds is 10. The highest BCUT2D eigenvalue weighted by Crippen LogP contribution is 2.41. The Morgan fingerprint density at radius 1 is 1.09 bits per heavy atom. The van der Waals surface area contributed by atoms with Crippen molar-refractivity contribution in [2.24, 2.45) is 5.41 Å². The molecule has 0 radical (unpaired) electrons. The van der Waals surface area contributed by atoms with Gasteiger partial charge in [-0.2, -0.15) is 0 Å². The number of ketones is 2. The molecule has 0 N–H and O–H groups in total. The second kappa shape index (κ2) is 8.06. The molecule has 1 heterocycles. The standard InChI is InChI=1S/C17H17F3O2S/c1-4-13(18)17(14(19)5-2,15(20)6-3)16(22)10-11(21)12-8-7-9-23-12/h4-9,13-15H,1-3,10H2. The summed E-state index contributed by atoms with van der Waals surface area (Å²) in [4.78, 5) is 24.8. The molecule has 0 fully saturated rings. The smallest absolute Gasteiger partial charge is 0.180 e. The second-order valence-electron chi connectivity index (χ2n) is 4.85. The van der Waals surface area contributed by atoms with E-state index < -0.39 is 41.9 Å². The summed E-state index contributed by atoms with van der Waals surface area (Å²) >= 11 is 1.08. The minimum atomic E-state index is -2.75. The van der Waals surface area contributed by atoms with Gasteiger partial charge in [-0.05, 0) is 11.4 Å². The van der Waals surface area contributed by atoms with Crippen LogP contribution in [0.3, 0.4) is 0 Å². The molecule has 6 heteroatoms. The van der Waals surface area contributed by atoms with Crippen LogP contribution in [0.2, 0.25) is 0 Å². The van der Waals surface area contributed by atoms with Crippen LogP contribution in [-0.4, -0.2) is 30.1 Å². The Labute approximate surface area is 137 Å². The van der Waals surface area contributed by atoms with Gasteiger partial charge in [-0.1, -0.05) is 24.3 Å². The third-order valence-electron chi connectivity index (χ3n) is 3.59. The number of carbonyl (C=O) groups excluding carboxylic acids is 2. The molecule has 0 aliphatic heterocycles. The van der Waals surface area contributed by atoms with Crippen LogP contribution in [0.5, 0.6) is 0 Å². The lowest BCUT2D eigenvalue weighted by Gasteiger charge is -2.37. The van der Waals surface area contributed by atoms with Crippen LogP contribution in [0.15, 0.2) is 55.5 Å². The quantitative estimate of drug-likeness (QED) is 0.358. The molecule has 0 aliphatic rings. The van der Waals surface area contributed by atoms with Gasteiger partial charge in [0.05, 0.1) is 11.3 Å². The molecule has 0 saturated carbocycles. The van der Waals surface area contributed by atoms with Crippen LogP contribution in [-0.2, 0) is 4.79 Å². The van der Waals surface area contributed by atoms with Crippen molar-refractivity contribution in [2.45, 2.75) is 24.9 Å². The van der Waals surface area contributed by atoms with E-state index >= 15 is 0 Å². The van der Waals surface area contributed by atoms with Crippen molar-refractivity contribution in [1.82, 2.24) is 0 Å². The fourth-order valence-corrected chi connectivity index (χ4v) is 2.99. The first-order valence-corrected chi connectivity index (χ1v) is 7.64. The van der Waals surface area contributed by atoms with Crippen molar-refractivity contribution in [1.29, 1.82) is 0 Å². The van der Waals surface area contributed by atoms with Crippen molar-refractivity contribution >= 4 is 22.9 Å². The molecule has 0 saturated heterocycles. The topological polar surface area (TPSA) is 34.1 Å². The number of halogens is 3. The molecule has 0 aliphatic carbocycles. The van der Waals surface area contributed by atoms with E-state index in [1.807, 2.05) is 0 Å². The molecule has 1 rings (SSSR count). The van der Waals surface area contributed by atoms with Gasteiger partial charge in [0.2, 0.25) is 0 Å². The van der Waals surface area contributed by atoms with E-state index in [4.69, 9.17) is 0 Å². The lowest BCUT2D eigenvalue weighted by Crippen LogP contribution is -2.53. The highest BCUT2D eigenvalue weighted by atomic mass is 32.1. The Balaban J connectivity index is 3.28. The number of allylic oxidation sites excluding steroid dienone is 3. The van der Waals surface area contributed by atoms with Crippen molar-refractivity contribution in [3.63, 3.8) is 0 Å². The van der Waals surface area contributed by atoms with E-state index in [1.54, 1.807) is 11.4 Å². The van der Waals surface area contributed by atoms with Gasteiger partial charge in [-0.25, -0.2) is 13.2 Å². The van der Waals surface area contributed by atoms with Gasteiger partial charge in [0.15, 0.2) is 11.6 Å². The maximum Gasteiger partial charge on any atom is 0.180 e. The Bertz CT molecular complexity index is 559. The van der Waals surface area contributed by atoms with Gasteiger partial charge in [0, 0.05) is 0 Å². The van der Waals surface area contributed by atoms with Crippen LogP contribution in [0.1, 0.15) is 16.1 Å². The highest BCUT2D eigenvalue weighted by molar-refractivity contribution is 7.12. The zero-order valence-electron chi connectivity index (χ0n) is 12.4. The minimum absolute atomic E-state index is 0.254. The first kappa shape index (κ1) is 19.1. The number of alkyl halides is 3. The van der Waals surface area contributed by atoms with E-state index in [0.29, 0.717) is 18.2 Å². The van der Waals surface area contributed by atoms with Crippen LogP contribution in [0, 0.1) is 5.41 Å². The lowest BCUT2D eigenvalue weighted by molar-refractivity contribution is -0.138. The first-order chi connectivity index (χ1) is 10.9. The Morgan fingerprint density at radius 3 is 1.91 bits per heavy atom. The van der Waals surface area contributed by atoms with Crippen molar-refractivity contribution < 1.29 is 22.8 Å². The molecule has 0 spiro atoms. The van der Waals surface area contributed by atoms with Crippen LogP contribution >= 0.6 is 11.3 Å². The molecule has 1 aromatic rings. The van der Waals surface area contributed by atoms with E-state index in [-0.39, 0.29) is 4.88 Å². The molecule has 1 aromatic heterocycles. The third kappa shape index (κ3) is 3.52. The number of Topliss-reactive ketones (excluding diaryl/α,β-unsaturated/α-hetero) is 2. The fourth-order valence-electron chi connectivity index (χ4n) is 2.33. The molecule has 0 bridgehead atoms. The largest absolute Gasteiger partial charge is 0.298 e. The van der Waals surface area contributed by atoms with Gasteiger partial charge in [0.1, 0.15) is 23.9 Å². The van der Waals surface area contributed by atoms with Gasteiger partial charge in [0.25, 0.3) is 0 Å². The molecular formula is C17H17F3O2S. The third-order valence-corrected chi connectivity index (χ3v) is 4.50. The zero-order valence-corrected chi connectivity index (χ0v) is 13.2. The predicted octanol–water partition coefficient (Wildman–Crippen LogP) is 4.45. The van der Waals surface area contributed by atoms with Gasteiger partial charge in [-0.3, -0.25) is 9.59 Å². The van der Waals surface area contributed by atoms with E-state index in [0.717, 1.165) is 11.3 Å². The summed E-state index contributed by atoms with van der Waals surface area (Å²) in [6.45, 7) is 9.48. The maximum absolute atomic E-state index is 14.3. The Morgan fingerprint density at radius 2 is 1.57 bits per heavy atom. The summed E-state index contributed by atoms with van der Waals surface area (Å²) in [5.74, 6) is -1.82. The molecule has 23 heavy (non-hydrogen) atoms. The predicted molar refractivity (Wildman–Crippen MR) is 86.0 cm³/mol. The normalized spacial score (nSPS) is 17.3. The fraction of sp³-hybridized carbons (Fsp3) is 0.294. The number of thiophene rings is 1. The SMILES string of the molecule is C=CC(F)C(C(=O)CC(=O)c1cccs1)(C(F)C=C)C(F)C=C. The van der Waals surface area contributed by atoms with Crippen LogP contribution in [0.25, 0.3) is 0 Å². The number of hydrogen-bond donors (Lipinski definition) is 0. The summed E-state index contributed by atoms with van der Waals surface area (Å²) < 4.78 is 43.0. The van der Waals surface area contributed by atoms with Gasteiger partial charge < -0.3 is 0 Å². The molecule has 124 valence electrons. The number of hydrogen-bond acceptors (Lipinski definition) is 3. The Kier molecular flexibility index (Phi) is 6.69. The van der Waals surface area contributed by atoms with Gasteiger partial charge >= 0.3 is 0 Å². The lowest BCUT2D eigenvalue weighted by atomic mass is 9.69. The average molecular weight is 342 g/mol. The molecular weight excluding hydrogens is 325 g/mol. The van der Waals surface area contributed by atoms with Crippen LogP contribution < -0.4 is 0 Å². The molecule has 0 amide bonds. The molecule has 3 unspecified atom stereocenters. The van der Waals surface area contributed by atoms with E-state index in [2.05, 4.69) is 19.7 Å². The second-order valence-corrected chi connectivity index (χ2v) is 5.79. The van der Waals surface area contributed by atoms with Crippen molar-refractivity contribution in [3.05, 3.63) is 60.4 Å². The number of carbonyl (C=O) groups is 2. The molecule has 0 aromatic carbocycles. The maximum atomic E-state index is 14.3. The van der Waals surface area contributed by atoms with Crippen molar-refractivity contribution in [3.8, 4) is 0 Å². The minimum Gasteiger partial charge on any atom is -0.298 e. The van der Waals surface area contributed by atoms with E-state index in [1.165, 1.54) is 6.07 Å². The van der Waals surface area contributed by atoms with E-state index in [9.17, 15) is 22.8 Å². The monoisotopic (exact) mass is 342 g/mol. The zero-order chi connectivity index (χ0) is 17.6. The Hall–Kier alpha value is -1.95. The summed E-state index contributed by atoms with van der Waals surface area (Å²) in [6, 6.07) is 3.07. The summed E-state index contributed by atoms with van der Waals surface area (Å²) in [6.07, 6.45) is -5.93. The summed E-state index contributed by atoms with van der Waals surface area (Å²) in [5.41, 5.74) is -2.75.